The van der Waals surface area contributed by atoms with E-state index in [0.29, 0.717) is 5.56 Å². The van der Waals surface area contributed by atoms with Crippen LogP contribution in [-0.2, 0) is 20.0 Å². The van der Waals surface area contributed by atoms with Crippen molar-refractivity contribution in [3.05, 3.63) is 82.7 Å². The van der Waals surface area contributed by atoms with E-state index < -0.39 is 25.0 Å². The lowest BCUT2D eigenvalue weighted by molar-refractivity contribution is -0.385. The first-order chi connectivity index (χ1) is 14.1. The quantitative estimate of drug-likeness (QED) is 0.417. The number of rotatable bonds is 7. The Bertz CT molecular complexity index is 1290. The zero-order valence-corrected chi connectivity index (χ0v) is 17.1. The van der Waals surface area contributed by atoms with E-state index in [1.165, 1.54) is 61.8 Å². The van der Waals surface area contributed by atoms with Gasteiger partial charge < -0.3 is 0 Å². The van der Waals surface area contributed by atoms with Crippen LogP contribution < -0.4 is 9.44 Å². The largest absolute Gasteiger partial charge is 0.280 e. The van der Waals surface area contributed by atoms with Crippen LogP contribution >= 0.6 is 0 Å². The average Bonchev–Trinajstić information content (AvgIpc) is 2.68. The molecule has 3 aromatic rings. The van der Waals surface area contributed by atoms with Crippen LogP contribution in [0.5, 0.6) is 0 Å². The number of nitrogens with zero attached hydrogens (tertiary/aromatic N) is 2. The molecule has 3 rings (SSSR count). The maximum Gasteiger partial charge on any atom is 0.270 e. The van der Waals surface area contributed by atoms with Crippen molar-refractivity contribution in [1.82, 2.24) is 4.98 Å². The molecule has 0 saturated carbocycles. The first kappa shape index (κ1) is 21.2. The molecule has 1 heterocycles. The smallest absolute Gasteiger partial charge is 0.270 e. The number of nitro groups is 1. The van der Waals surface area contributed by atoms with E-state index in [9.17, 15) is 26.9 Å². The summed E-state index contributed by atoms with van der Waals surface area (Å²) < 4.78 is 54.8. The van der Waals surface area contributed by atoms with Crippen LogP contribution in [0, 0.1) is 17.0 Å². The fourth-order valence-corrected chi connectivity index (χ4v) is 4.91. The molecule has 0 atom stereocenters. The van der Waals surface area contributed by atoms with Gasteiger partial charge in [0, 0.05) is 24.0 Å². The number of anilines is 2. The van der Waals surface area contributed by atoms with Crippen molar-refractivity contribution in [2.45, 2.75) is 16.7 Å². The van der Waals surface area contributed by atoms with Crippen molar-refractivity contribution in [2.24, 2.45) is 0 Å². The second kappa shape index (κ2) is 8.08. The van der Waals surface area contributed by atoms with E-state index >= 15 is 0 Å². The summed E-state index contributed by atoms with van der Waals surface area (Å²) >= 11 is 0. The molecule has 0 aliphatic rings. The summed E-state index contributed by atoms with van der Waals surface area (Å²) in [6, 6.07) is 11.7. The number of aromatic nitrogens is 1. The molecule has 0 fully saturated rings. The Morgan fingerprint density at radius 1 is 0.900 bits per heavy atom. The highest BCUT2D eigenvalue weighted by atomic mass is 32.2. The van der Waals surface area contributed by atoms with E-state index in [-0.39, 0.29) is 26.9 Å². The predicted octanol–water partition coefficient (Wildman–Crippen LogP) is 2.90. The molecule has 0 aliphatic carbocycles. The van der Waals surface area contributed by atoms with Gasteiger partial charge in [-0.15, -0.1) is 0 Å². The monoisotopic (exact) mass is 448 g/mol. The highest BCUT2D eigenvalue weighted by Crippen LogP contribution is 2.25. The summed E-state index contributed by atoms with van der Waals surface area (Å²) in [6.45, 7) is 1.51. The van der Waals surface area contributed by atoms with Crippen LogP contribution in [0.1, 0.15) is 5.56 Å². The Morgan fingerprint density at radius 3 is 2.17 bits per heavy atom. The van der Waals surface area contributed by atoms with Crippen molar-refractivity contribution >= 4 is 37.1 Å². The third kappa shape index (κ3) is 4.72. The maximum atomic E-state index is 12.6. The SMILES string of the molecule is Cc1ccc([N+](=O)[O-])cc1S(=O)(=O)Nc1ccc(S(=O)(=O)Nc2cccnc2)cc1. The molecule has 0 spiro atoms. The van der Waals surface area contributed by atoms with Gasteiger partial charge in [-0.2, -0.15) is 0 Å². The standard InChI is InChI=1S/C18H16N4O6S2/c1-13-4-7-16(22(23)24)11-18(13)30(27,28)20-14-5-8-17(9-6-14)29(25,26)21-15-3-2-10-19-12-15/h2-12,20-21H,1H3. The van der Waals surface area contributed by atoms with Gasteiger partial charge in [0.2, 0.25) is 0 Å². The molecule has 30 heavy (non-hydrogen) atoms. The van der Waals surface area contributed by atoms with Crippen molar-refractivity contribution in [2.75, 3.05) is 9.44 Å². The molecule has 2 N–H and O–H groups in total. The Balaban J connectivity index is 1.83. The molecule has 1 aromatic heterocycles. The van der Waals surface area contributed by atoms with Gasteiger partial charge in [0.15, 0.2) is 0 Å². The number of nitrogens with one attached hydrogen (secondary N) is 2. The first-order valence-corrected chi connectivity index (χ1v) is 11.4. The Hall–Kier alpha value is -3.51. The zero-order valence-electron chi connectivity index (χ0n) is 15.5. The molecule has 12 heteroatoms. The van der Waals surface area contributed by atoms with Crippen LogP contribution in [0.2, 0.25) is 0 Å². The second-order valence-corrected chi connectivity index (χ2v) is 9.52. The normalized spacial score (nSPS) is 11.6. The summed E-state index contributed by atoms with van der Waals surface area (Å²) in [6.07, 6.45) is 2.85. The lowest BCUT2D eigenvalue weighted by Gasteiger charge is -2.11. The minimum absolute atomic E-state index is 0.0826. The fourth-order valence-electron chi connectivity index (χ4n) is 2.54. The minimum atomic E-state index is -4.12. The predicted molar refractivity (Wildman–Crippen MR) is 110 cm³/mol. The Kier molecular flexibility index (Phi) is 5.71. The van der Waals surface area contributed by atoms with Crippen molar-refractivity contribution in [3.63, 3.8) is 0 Å². The lowest BCUT2D eigenvalue weighted by Crippen LogP contribution is -2.15. The van der Waals surface area contributed by atoms with Crippen molar-refractivity contribution in [3.8, 4) is 0 Å². The van der Waals surface area contributed by atoms with E-state index in [2.05, 4.69) is 14.4 Å². The zero-order chi connectivity index (χ0) is 21.9. The number of sulfonamides is 2. The Morgan fingerprint density at radius 2 is 1.57 bits per heavy atom. The van der Waals surface area contributed by atoms with Crippen LogP contribution in [0.4, 0.5) is 17.1 Å². The average molecular weight is 448 g/mol. The second-order valence-electron chi connectivity index (χ2n) is 6.18. The van der Waals surface area contributed by atoms with Crippen LogP contribution in [-0.4, -0.2) is 26.7 Å². The highest BCUT2D eigenvalue weighted by molar-refractivity contribution is 7.93. The van der Waals surface area contributed by atoms with E-state index in [1.807, 2.05) is 0 Å². The van der Waals surface area contributed by atoms with Gasteiger partial charge in [-0.25, -0.2) is 16.8 Å². The Labute approximate surface area is 172 Å². The van der Waals surface area contributed by atoms with Gasteiger partial charge >= 0.3 is 0 Å². The lowest BCUT2D eigenvalue weighted by atomic mass is 10.2. The highest BCUT2D eigenvalue weighted by Gasteiger charge is 2.21. The van der Waals surface area contributed by atoms with Gasteiger partial charge in [0.25, 0.3) is 25.7 Å². The number of benzene rings is 2. The first-order valence-electron chi connectivity index (χ1n) is 8.39. The topological polar surface area (TPSA) is 148 Å². The van der Waals surface area contributed by atoms with Gasteiger partial charge in [0.1, 0.15) is 0 Å². The number of aryl methyl sites for hydroxylation is 1. The maximum absolute atomic E-state index is 12.6. The van der Waals surface area contributed by atoms with Crippen LogP contribution in [0.3, 0.4) is 0 Å². The summed E-state index contributed by atoms with van der Waals surface area (Å²) in [5, 5.41) is 10.9. The van der Waals surface area contributed by atoms with Gasteiger partial charge in [-0.3, -0.25) is 24.5 Å². The van der Waals surface area contributed by atoms with E-state index in [1.54, 1.807) is 6.07 Å². The van der Waals surface area contributed by atoms with Gasteiger partial charge in [-0.1, -0.05) is 6.07 Å². The molecule has 2 aromatic carbocycles. The van der Waals surface area contributed by atoms with E-state index in [4.69, 9.17) is 0 Å². The third-order valence-corrected chi connectivity index (χ3v) is 6.92. The van der Waals surface area contributed by atoms with Gasteiger partial charge in [0.05, 0.1) is 26.6 Å². The molecular formula is C18H16N4O6S2. The van der Waals surface area contributed by atoms with E-state index in [0.717, 1.165) is 6.07 Å². The molecule has 10 nitrogen and oxygen atoms in total. The molecule has 0 unspecified atom stereocenters. The number of hydrogen-bond donors (Lipinski definition) is 2. The number of nitro benzene ring substituents is 1. The summed E-state index contributed by atoms with van der Waals surface area (Å²) in [5.74, 6) is 0. The van der Waals surface area contributed by atoms with Crippen molar-refractivity contribution < 1.29 is 21.8 Å². The third-order valence-electron chi connectivity index (χ3n) is 4.00. The summed E-state index contributed by atoms with van der Waals surface area (Å²) in [7, 11) is -8.01. The molecule has 0 bridgehead atoms. The van der Waals surface area contributed by atoms with Crippen LogP contribution in [0.25, 0.3) is 0 Å². The van der Waals surface area contributed by atoms with Gasteiger partial charge in [-0.05, 0) is 48.9 Å². The molecular weight excluding hydrogens is 432 g/mol. The molecule has 0 radical (unpaired) electrons. The molecule has 0 saturated heterocycles. The minimum Gasteiger partial charge on any atom is -0.280 e. The molecule has 156 valence electrons. The summed E-state index contributed by atoms with van der Waals surface area (Å²) in [4.78, 5) is 13.7. The number of pyridine rings is 1. The number of non-ortho nitro benzene ring substituents is 1. The van der Waals surface area contributed by atoms with Crippen LogP contribution in [0.15, 0.2) is 76.8 Å². The van der Waals surface area contributed by atoms with Crippen molar-refractivity contribution in [1.29, 1.82) is 0 Å². The molecule has 0 amide bonds. The summed E-state index contributed by atoms with van der Waals surface area (Å²) in [5.41, 5.74) is 0.349. The molecule has 0 aliphatic heterocycles. The fraction of sp³-hybridized carbons (Fsp3) is 0.0556. The number of hydrogen-bond acceptors (Lipinski definition) is 7.